The first-order chi connectivity index (χ1) is 59.5. The summed E-state index contributed by atoms with van der Waals surface area (Å²) in [6.07, 6.45) is 3.10. The molecule has 0 radical (unpaired) electrons. The number of fused-ring (bicyclic) bond motifs is 14. The molecule has 0 aliphatic heterocycles. The summed E-state index contributed by atoms with van der Waals surface area (Å²) in [4.78, 5) is 49.9. The third kappa shape index (κ3) is 19.7. The Balaban J connectivity index is 0.000000109. The first-order valence-electron chi connectivity index (χ1n) is 41.0. The van der Waals surface area contributed by atoms with Crippen LogP contribution in [0.15, 0.2) is 395 Å². The molecule has 0 saturated carbocycles. The lowest BCUT2D eigenvalue weighted by Gasteiger charge is -2.13. The summed E-state index contributed by atoms with van der Waals surface area (Å²) in [6.45, 7) is 12.5. The van der Waals surface area contributed by atoms with Crippen LogP contribution in [0.1, 0.15) is 75.3 Å². The largest absolute Gasteiger partial charge is 0.490 e. The van der Waals surface area contributed by atoms with Gasteiger partial charge in [0.25, 0.3) is 0 Å². The standard InChI is InChI=1S/C17H16OS.C16H13ClO2S.C16H14OS.C14H10.C13H7ClOS.C13H10.C12H10.C10H8/c1-3-11-9-12(4-2)17-14(10-11)16(18)13-7-5-6-8-15(13)19-17;1-9(2)19-12-8-7-11(17)14-15(18)10-5-3-4-6-13(10)20-16(12)14;1-10(2)11-7-8-15-13(9-11)16(17)12-5-3-4-6-14(12)18-15;1-2-6-12-10-14-8-4-3-7-13(14)9-11(12)5-1;14-8-5-6-12-10(7-8)13(15)9-3-1-2-4-11(9)16-12;1-3-7-12-10(5-1)9-11-6-2-4-8-13(11)12;1-3-7-11(8-4-1)12-9-5-2-6-10-12;1-2-6-10-8-4-3-7-9(10)5-1/h5-10H,3-4H2,1-2H3;3-9H,1-2H3;3-10H,1-2H3;1-10H;1-7H;1-8H,9H2;1-10H;1-8H. The van der Waals surface area contributed by atoms with Gasteiger partial charge in [0, 0.05) is 75.6 Å². The molecule has 0 amide bonds. The van der Waals surface area contributed by atoms with Gasteiger partial charge in [0.05, 0.1) is 21.2 Å². The van der Waals surface area contributed by atoms with E-state index in [0.29, 0.717) is 37.9 Å². The van der Waals surface area contributed by atoms with Crippen molar-refractivity contribution in [1.29, 1.82) is 0 Å². The minimum absolute atomic E-state index is 0.0337. The molecule has 0 unspecified atom stereocenters. The summed E-state index contributed by atoms with van der Waals surface area (Å²) < 4.78 is 13.9. The maximum atomic E-state index is 12.6. The van der Waals surface area contributed by atoms with Crippen molar-refractivity contribution in [3.05, 3.63) is 455 Å². The van der Waals surface area contributed by atoms with Crippen LogP contribution in [0.25, 0.3) is 135 Å². The average Bonchev–Trinajstić information content (AvgIpc) is 0.950. The van der Waals surface area contributed by atoms with Gasteiger partial charge in [0.2, 0.25) is 0 Å². The molecule has 0 saturated heterocycles. The average molecular weight is 1700 g/mol. The Morgan fingerprint density at radius 2 is 0.689 bits per heavy atom. The van der Waals surface area contributed by atoms with Crippen molar-refractivity contribution >= 4 is 182 Å². The van der Waals surface area contributed by atoms with Crippen molar-refractivity contribution < 1.29 is 4.74 Å². The molecule has 0 spiro atoms. The highest BCUT2D eigenvalue weighted by Crippen LogP contribution is 2.39. The molecule has 0 N–H and O–H groups in total. The van der Waals surface area contributed by atoms with Crippen LogP contribution in [0.5, 0.6) is 5.75 Å². The maximum Gasteiger partial charge on any atom is 0.197 e. The van der Waals surface area contributed by atoms with E-state index in [1.54, 1.807) is 46.1 Å². The number of halogens is 2. The van der Waals surface area contributed by atoms with Gasteiger partial charge in [0.1, 0.15) is 5.75 Å². The van der Waals surface area contributed by atoms with Crippen LogP contribution >= 0.6 is 68.5 Å². The third-order valence-corrected chi connectivity index (χ3v) is 26.6. The van der Waals surface area contributed by atoms with Gasteiger partial charge in [-0.25, -0.2) is 0 Å². The van der Waals surface area contributed by atoms with Gasteiger partial charge >= 0.3 is 0 Å². The second kappa shape index (κ2) is 39.8. The van der Waals surface area contributed by atoms with Gasteiger partial charge in [-0.15, -0.1) is 45.3 Å². The zero-order valence-corrected chi connectivity index (χ0v) is 73.3. The number of hydrogen-bond acceptors (Lipinski definition) is 9. The Bertz CT molecular complexity index is 7330. The summed E-state index contributed by atoms with van der Waals surface area (Å²) in [5.41, 5.74) is 12.4. The molecule has 21 aromatic rings. The summed E-state index contributed by atoms with van der Waals surface area (Å²) in [7, 11) is 0. The quantitative estimate of drug-likeness (QED) is 0.155. The van der Waals surface area contributed by atoms with Crippen LogP contribution in [0.3, 0.4) is 0 Å². The van der Waals surface area contributed by atoms with E-state index in [1.807, 2.05) is 147 Å². The summed E-state index contributed by atoms with van der Waals surface area (Å²) in [5, 5.41) is 15.1. The first-order valence-corrected chi connectivity index (χ1v) is 45.0. The normalized spacial score (nSPS) is 11.1. The molecule has 1 aliphatic rings. The third-order valence-electron chi connectivity index (χ3n) is 21.3. The molecule has 5 nitrogen and oxygen atoms in total. The van der Waals surface area contributed by atoms with Crippen LogP contribution in [0.2, 0.25) is 10.0 Å². The van der Waals surface area contributed by atoms with Crippen molar-refractivity contribution in [3.63, 3.8) is 0 Å². The topological polar surface area (TPSA) is 77.5 Å². The molecular formula is C111H88Cl2O5S4. The molecule has 600 valence electrons. The lowest BCUT2D eigenvalue weighted by molar-refractivity contribution is 0.246. The minimum Gasteiger partial charge on any atom is -0.490 e. The van der Waals surface area contributed by atoms with Crippen molar-refractivity contribution in [1.82, 2.24) is 0 Å². The van der Waals surface area contributed by atoms with Crippen molar-refractivity contribution in [2.45, 2.75) is 72.8 Å². The van der Waals surface area contributed by atoms with Gasteiger partial charge in [-0.05, 0) is 231 Å². The van der Waals surface area contributed by atoms with E-state index < -0.39 is 0 Å². The van der Waals surface area contributed by atoms with E-state index in [2.05, 4.69) is 258 Å². The molecule has 11 heteroatoms. The monoisotopic (exact) mass is 1700 g/mol. The van der Waals surface area contributed by atoms with Crippen LogP contribution in [0.4, 0.5) is 0 Å². The van der Waals surface area contributed by atoms with E-state index in [4.69, 9.17) is 27.9 Å². The second-order valence-corrected chi connectivity index (χ2v) is 35.2. The van der Waals surface area contributed by atoms with Crippen LogP contribution < -0.4 is 26.5 Å². The van der Waals surface area contributed by atoms with E-state index >= 15 is 0 Å². The van der Waals surface area contributed by atoms with Crippen LogP contribution in [-0.4, -0.2) is 6.10 Å². The van der Waals surface area contributed by atoms with Gasteiger partial charge < -0.3 is 4.74 Å². The highest BCUT2D eigenvalue weighted by Gasteiger charge is 2.18. The van der Waals surface area contributed by atoms with Crippen molar-refractivity contribution in [2.24, 2.45) is 0 Å². The Morgan fingerprint density at radius 3 is 1.14 bits per heavy atom. The van der Waals surface area contributed by atoms with E-state index in [-0.39, 0.29) is 27.8 Å². The Hall–Kier alpha value is -12.5. The highest BCUT2D eigenvalue weighted by atomic mass is 35.5. The molecule has 0 fully saturated rings. The van der Waals surface area contributed by atoms with E-state index in [0.717, 1.165) is 83.8 Å². The smallest absolute Gasteiger partial charge is 0.197 e. The summed E-state index contributed by atoms with van der Waals surface area (Å²) in [6, 6.07) is 127. The van der Waals surface area contributed by atoms with Gasteiger partial charge in [-0.1, -0.05) is 318 Å². The van der Waals surface area contributed by atoms with E-state index in [1.165, 1.54) is 93.7 Å². The number of hydrogen-bond donors (Lipinski definition) is 0. The Morgan fingerprint density at radius 1 is 0.311 bits per heavy atom. The van der Waals surface area contributed by atoms with Crippen molar-refractivity contribution in [3.8, 4) is 28.0 Å². The summed E-state index contributed by atoms with van der Waals surface area (Å²) in [5.74, 6) is 1.16. The lowest BCUT2D eigenvalue weighted by atomic mass is 10.0. The molecule has 0 bridgehead atoms. The zero-order valence-electron chi connectivity index (χ0n) is 68.5. The molecule has 4 heterocycles. The zero-order chi connectivity index (χ0) is 84.6. The number of benzene rings is 17. The van der Waals surface area contributed by atoms with Gasteiger partial charge in [-0.2, -0.15) is 0 Å². The highest BCUT2D eigenvalue weighted by molar-refractivity contribution is 7.26. The fraction of sp³-hybridized carbons (Fsp3) is 0.0991. The fourth-order valence-electron chi connectivity index (χ4n) is 15.0. The molecule has 17 aromatic carbocycles. The molecule has 0 atom stereocenters. The maximum absolute atomic E-state index is 12.6. The predicted molar refractivity (Wildman–Crippen MR) is 533 cm³/mol. The van der Waals surface area contributed by atoms with Crippen LogP contribution in [0, 0.1) is 0 Å². The van der Waals surface area contributed by atoms with Gasteiger partial charge in [-0.3, -0.25) is 19.2 Å². The van der Waals surface area contributed by atoms with Gasteiger partial charge in [0.15, 0.2) is 21.7 Å². The predicted octanol–water partition coefficient (Wildman–Crippen LogP) is 31.4. The molecule has 22 rings (SSSR count). The molecule has 122 heavy (non-hydrogen) atoms. The first kappa shape index (κ1) is 84.5. The second-order valence-electron chi connectivity index (χ2n) is 30.1. The van der Waals surface area contributed by atoms with Crippen LogP contribution in [-0.2, 0) is 19.3 Å². The molecule has 1 aliphatic carbocycles. The number of aryl methyl sites for hydroxylation is 2. The minimum atomic E-state index is -0.0337. The van der Waals surface area contributed by atoms with E-state index in [9.17, 15) is 19.2 Å². The molecular weight excluding hydrogens is 1610 g/mol. The Labute approximate surface area is 735 Å². The fourth-order valence-corrected chi connectivity index (χ4v) is 20.0. The number of rotatable bonds is 6. The van der Waals surface area contributed by atoms with Crippen molar-refractivity contribution in [2.75, 3.05) is 0 Å². The SMILES string of the molecule is CC(C)Oc1ccc(Cl)c2c(=O)c3ccccc3sc12.CC(C)c1ccc2sc3ccccc3c(=O)c2c1.CCc1cc(CC)c2sc3ccccc3c(=O)c2c1.O=c1c2ccccc2sc2ccc(Cl)cc12.c1ccc(-c2ccccc2)cc1.c1ccc2c(c1)Cc1ccccc1-2.c1ccc2cc3ccccc3cc2c1.c1ccc2ccccc2c1. The lowest BCUT2D eigenvalue weighted by Crippen LogP contribution is -2.07. The summed E-state index contributed by atoms with van der Waals surface area (Å²) >= 11 is 18.7. The Kier molecular flexibility index (Phi) is 27.5. The molecule has 4 aromatic heterocycles. The number of ether oxygens (including phenoxy) is 1.